The van der Waals surface area contributed by atoms with Crippen LogP contribution in [0.2, 0.25) is 5.02 Å². The number of aromatic nitrogens is 4. The van der Waals surface area contributed by atoms with Gasteiger partial charge in [-0.2, -0.15) is 20.0 Å². The van der Waals surface area contributed by atoms with E-state index in [0.717, 1.165) is 30.9 Å². The number of imidazole rings is 1. The van der Waals surface area contributed by atoms with Crippen LogP contribution in [0, 0.1) is 28.6 Å². The standard InChI is InChI=1S/C21H20ClN9/c22-18-14(10-25-9-12-1-2-12)5-13(7-23)6-17(18)28-21-29-19(27-15-3-4-15)20-26-11-16(8-24)31(20)30-21/h5-6,11-12,15,25H,1-4,9-10H2,(H2,27,28,29,30). The lowest BCUT2D eigenvalue weighted by Gasteiger charge is -2.14. The molecule has 0 unspecified atom stereocenters. The molecule has 0 amide bonds. The topological polar surface area (TPSA) is 127 Å². The van der Waals surface area contributed by atoms with Crippen LogP contribution in [0.25, 0.3) is 5.65 Å². The van der Waals surface area contributed by atoms with Gasteiger partial charge >= 0.3 is 0 Å². The van der Waals surface area contributed by atoms with Crippen LogP contribution in [0.1, 0.15) is 42.5 Å². The Morgan fingerprint density at radius 2 is 2.00 bits per heavy atom. The summed E-state index contributed by atoms with van der Waals surface area (Å²) in [5, 5.41) is 33.7. The monoisotopic (exact) mass is 433 g/mol. The number of nitrogens with zero attached hydrogens (tertiary/aromatic N) is 6. The van der Waals surface area contributed by atoms with Crippen LogP contribution in [-0.4, -0.2) is 32.2 Å². The zero-order valence-electron chi connectivity index (χ0n) is 16.7. The number of benzene rings is 1. The number of fused-ring (bicyclic) bond motifs is 1. The van der Waals surface area contributed by atoms with Gasteiger partial charge in [-0.25, -0.2) is 4.98 Å². The molecule has 3 aromatic rings. The van der Waals surface area contributed by atoms with E-state index >= 15 is 0 Å². The second-order valence-corrected chi connectivity index (χ2v) is 8.38. The third-order valence-corrected chi connectivity index (χ3v) is 5.81. The Bertz CT molecular complexity index is 1230. The molecule has 0 aliphatic heterocycles. The van der Waals surface area contributed by atoms with E-state index in [9.17, 15) is 10.5 Å². The van der Waals surface area contributed by atoms with E-state index in [-0.39, 0.29) is 5.95 Å². The van der Waals surface area contributed by atoms with Crippen LogP contribution in [0.5, 0.6) is 0 Å². The number of anilines is 3. The van der Waals surface area contributed by atoms with Gasteiger partial charge in [0.2, 0.25) is 5.95 Å². The van der Waals surface area contributed by atoms with Crippen LogP contribution in [0.15, 0.2) is 18.3 Å². The predicted molar refractivity (Wildman–Crippen MR) is 116 cm³/mol. The summed E-state index contributed by atoms with van der Waals surface area (Å²) in [4.78, 5) is 8.84. The van der Waals surface area contributed by atoms with Gasteiger partial charge in [0.1, 0.15) is 6.07 Å². The van der Waals surface area contributed by atoms with E-state index in [1.807, 2.05) is 0 Å². The molecule has 3 N–H and O–H groups in total. The Morgan fingerprint density at radius 1 is 1.16 bits per heavy atom. The number of hydrogen-bond acceptors (Lipinski definition) is 8. The van der Waals surface area contributed by atoms with Gasteiger partial charge < -0.3 is 16.0 Å². The zero-order valence-corrected chi connectivity index (χ0v) is 17.4. The Hall–Kier alpha value is -3.40. The summed E-state index contributed by atoms with van der Waals surface area (Å²) in [7, 11) is 0. The highest BCUT2D eigenvalue weighted by Gasteiger charge is 2.24. The summed E-state index contributed by atoms with van der Waals surface area (Å²) in [6.07, 6.45) is 6.14. The van der Waals surface area contributed by atoms with Crippen molar-refractivity contribution in [2.75, 3.05) is 17.2 Å². The summed E-state index contributed by atoms with van der Waals surface area (Å²) in [6, 6.07) is 8.09. The highest BCUT2D eigenvalue weighted by Crippen LogP contribution is 2.32. The fourth-order valence-electron chi connectivity index (χ4n) is 3.35. The molecule has 0 atom stereocenters. The van der Waals surface area contributed by atoms with Crippen molar-refractivity contribution in [3.05, 3.63) is 40.2 Å². The minimum atomic E-state index is 0.263. The number of rotatable bonds is 8. The van der Waals surface area contributed by atoms with Crippen molar-refractivity contribution in [3.63, 3.8) is 0 Å². The molecule has 31 heavy (non-hydrogen) atoms. The first-order chi connectivity index (χ1) is 15.1. The zero-order chi connectivity index (χ0) is 21.4. The van der Waals surface area contributed by atoms with Crippen molar-refractivity contribution in [1.82, 2.24) is 24.9 Å². The van der Waals surface area contributed by atoms with Crippen molar-refractivity contribution in [3.8, 4) is 12.1 Å². The summed E-state index contributed by atoms with van der Waals surface area (Å²) in [6.45, 7) is 1.53. The first kappa shape index (κ1) is 19.6. The van der Waals surface area contributed by atoms with Gasteiger partial charge in [0.25, 0.3) is 0 Å². The first-order valence-corrected chi connectivity index (χ1v) is 10.6. The molecular weight excluding hydrogens is 414 g/mol. The molecule has 1 aromatic carbocycles. The molecule has 2 heterocycles. The molecule has 2 aliphatic rings. The van der Waals surface area contributed by atoms with Gasteiger partial charge in [-0.05, 0) is 55.8 Å². The molecule has 10 heteroatoms. The Kier molecular flexibility index (Phi) is 5.06. The highest BCUT2D eigenvalue weighted by molar-refractivity contribution is 6.34. The van der Waals surface area contributed by atoms with Gasteiger partial charge in [0, 0.05) is 12.6 Å². The molecule has 2 saturated carbocycles. The minimum Gasteiger partial charge on any atom is -0.364 e. The average molecular weight is 434 g/mol. The lowest BCUT2D eigenvalue weighted by Crippen LogP contribution is -2.17. The average Bonchev–Trinajstić information content (AvgIpc) is 3.70. The van der Waals surface area contributed by atoms with Crippen molar-refractivity contribution < 1.29 is 0 Å². The van der Waals surface area contributed by atoms with Crippen molar-refractivity contribution in [2.24, 2.45) is 5.92 Å². The predicted octanol–water partition coefficient (Wildman–Crippen LogP) is 3.34. The minimum absolute atomic E-state index is 0.263. The van der Waals surface area contributed by atoms with Crippen molar-refractivity contribution in [1.29, 1.82) is 10.5 Å². The summed E-state index contributed by atoms with van der Waals surface area (Å²) in [5.74, 6) is 1.57. The maximum Gasteiger partial charge on any atom is 0.247 e. The van der Waals surface area contributed by atoms with Crippen LogP contribution in [0.3, 0.4) is 0 Å². The smallest absolute Gasteiger partial charge is 0.247 e. The maximum atomic E-state index is 9.47. The van der Waals surface area contributed by atoms with Crippen LogP contribution in [-0.2, 0) is 6.54 Å². The fourth-order valence-corrected chi connectivity index (χ4v) is 3.57. The molecule has 0 spiro atoms. The van der Waals surface area contributed by atoms with E-state index in [0.29, 0.717) is 46.0 Å². The van der Waals surface area contributed by atoms with Crippen LogP contribution >= 0.6 is 11.6 Å². The summed E-state index contributed by atoms with van der Waals surface area (Å²) >= 11 is 6.65. The Balaban J connectivity index is 1.48. The molecule has 2 aliphatic carbocycles. The van der Waals surface area contributed by atoms with Crippen molar-refractivity contribution in [2.45, 2.75) is 38.3 Å². The van der Waals surface area contributed by atoms with Gasteiger partial charge in [-0.3, -0.25) is 0 Å². The second kappa shape index (κ2) is 8.03. The van der Waals surface area contributed by atoms with Crippen molar-refractivity contribution >= 4 is 34.7 Å². The lowest BCUT2D eigenvalue weighted by molar-refractivity contribution is 0.639. The fraction of sp³-hybridized carbons (Fsp3) is 0.381. The third kappa shape index (κ3) is 4.24. The van der Waals surface area contributed by atoms with E-state index in [2.05, 4.69) is 43.2 Å². The third-order valence-electron chi connectivity index (χ3n) is 5.36. The number of hydrogen-bond donors (Lipinski definition) is 3. The van der Waals surface area contributed by atoms with Gasteiger partial charge in [-0.15, -0.1) is 5.10 Å². The SMILES string of the molecule is N#Cc1cc(CNCC2CC2)c(Cl)c(Nc2nc(NC3CC3)c3ncc(C#N)n3n2)c1. The first-order valence-electron chi connectivity index (χ1n) is 10.3. The summed E-state index contributed by atoms with van der Waals surface area (Å²) < 4.78 is 1.46. The number of halogens is 1. The Morgan fingerprint density at radius 3 is 2.71 bits per heavy atom. The van der Waals surface area contributed by atoms with E-state index < -0.39 is 0 Å². The quantitative estimate of drug-likeness (QED) is 0.493. The van der Waals surface area contributed by atoms with Gasteiger partial charge in [0.15, 0.2) is 17.2 Å². The normalized spacial score (nSPS) is 15.5. The van der Waals surface area contributed by atoms with E-state index in [4.69, 9.17) is 11.6 Å². The maximum absolute atomic E-state index is 9.47. The van der Waals surface area contributed by atoms with Gasteiger partial charge in [0.05, 0.1) is 28.5 Å². The lowest BCUT2D eigenvalue weighted by atomic mass is 10.1. The molecule has 5 rings (SSSR count). The highest BCUT2D eigenvalue weighted by atomic mass is 35.5. The molecule has 0 bridgehead atoms. The largest absolute Gasteiger partial charge is 0.364 e. The van der Waals surface area contributed by atoms with Crippen LogP contribution in [0.4, 0.5) is 17.5 Å². The molecule has 2 fully saturated rings. The van der Waals surface area contributed by atoms with Gasteiger partial charge in [-0.1, -0.05) is 11.6 Å². The molecular formula is C21H20ClN9. The summed E-state index contributed by atoms with van der Waals surface area (Å²) in [5.41, 5.74) is 2.67. The van der Waals surface area contributed by atoms with E-state index in [1.165, 1.54) is 23.6 Å². The number of nitriles is 2. The van der Waals surface area contributed by atoms with E-state index in [1.54, 1.807) is 12.1 Å². The number of nitrogens with one attached hydrogen (secondary N) is 3. The van der Waals surface area contributed by atoms with Crippen LogP contribution < -0.4 is 16.0 Å². The molecule has 0 saturated heterocycles. The molecule has 0 radical (unpaired) electrons. The molecule has 9 nitrogen and oxygen atoms in total. The molecule has 2 aromatic heterocycles. The molecule has 156 valence electrons. The Labute approximate surface area is 184 Å². The second-order valence-electron chi connectivity index (χ2n) is 8.00.